The highest BCUT2D eigenvalue weighted by Crippen LogP contribution is 2.26. The van der Waals surface area contributed by atoms with Crippen LogP contribution in [0.4, 0.5) is 0 Å². The average Bonchev–Trinajstić information content (AvgIpc) is 2.65. The molecule has 1 aliphatic heterocycles. The summed E-state index contributed by atoms with van der Waals surface area (Å²) in [6, 6.07) is 5.83. The van der Waals surface area contributed by atoms with Gasteiger partial charge < -0.3 is 10.0 Å². The van der Waals surface area contributed by atoms with E-state index in [0.717, 1.165) is 25.2 Å². The van der Waals surface area contributed by atoms with Crippen LogP contribution in [0.5, 0.6) is 5.75 Å². The number of nitrogens with zero attached hydrogens (tertiary/aromatic N) is 2. The molecule has 0 aromatic heterocycles. The van der Waals surface area contributed by atoms with Crippen LogP contribution in [0.1, 0.15) is 12.5 Å². The van der Waals surface area contributed by atoms with Gasteiger partial charge in [-0.15, -0.1) is 0 Å². The van der Waals surface area contributed by atoms with Crippen LogP contribution in [-0.4, -0.2) is 48.1 Å². The summed E-state index contributed by atoms with van der Waals surface area (Å²) < 4.78 is 0. The lowest BCUT2D eigenvalue weighted by Crippen LogP contribution is -2.34. The Morgan fingerprint density at radius 3 is 2.72 bits per heavy atom. The molecule has 1 N–H and O–H groups in total. The van der Waals surface area contributed by atoms with Crippen molar-refractivity contribution in [2.75, 3.05) is 27.2 Å². The van der Waals surface area contributed by atoms with E-state index in [1.165, 1.54) is 0 Å². The number of hydrogen-bond acceptors (Lipinski definition) is 3. The van der Waals surface area contributed by atoms with Crippen molar-refractivity contribution >= 4 is 11.6 Å². The highest BCUT2D eigenvalue weighted by molar-refractivity contribution is 6.30. The highest BCUT2D eigenvalue weighted by atomic mass is 35.5. The molecule has 4 heteroatoms. The number of benzene rings is 1. The Labute approximate surface area is 114 Å². The zero-order chi connectivity index (χ0) is 13.3. The van der Waals surface area contributed by atoms with Crippen molar-refractivity contribution in [2.45, 2.75) is 19.5 Å². The number of hydrogen-bond donors (Lipinski definition) is 1. The van der Waals surface area contributed by atoms with Gasteiger partial charge in [-0.3, -0.25) is 4.90 Å². The fourth-order valence-corrected chi connectivity index (χ4v) is 2.97. The highest BCUT2D eigenvalue weighted by Gasteiger charge is 2.31. The van der Waals surface area contributed by atoms with E-state index in [0.29, 0.717) is 22.7 Å². The van der Waals surface area contributed by atoms with Gasteiger partial charge in [0.2, 0.25) is 0 Å². The van der Waals surface area contributed by atoms with Crippen LogP contribution < -0.4 is 0 Å². The summed E-state index contributed by atoms with van der Waals surface area (Å²) in [6.45, 7) is 5.15. The minimum atomic E-state index is 0.334. The summed E-state index contributed by atoms with van der Waals surface area (Å²) in [5.74, 6) is 0.988. The van der Waals surface area contributed by atoms with Gasteiger partial charge in [-0.2, -0.15) is 0 Å². The molecule has 1 aromatic rings. The van der Waals surface area contributed by atoms with Gasteiger partial charge in [0.15, 0.2) is 0 Å². The number of aromatic hydroxyl groups is 1. The molecule has 1 fully saturated rings. The molecule has 18 heavy (non-hydrogen) atoms. The standard InChI is InChI=1S/C14H21ClN2O/c1-10-7-17(9-13(10)16(2)3)8-11-6-12(15)4-5-14(11)18/h4-6,10,13,18H,7-9H2,1-3H3. The van der Waals surface area contributed by atoms with Gasteiger partial charge in [0.25, 0.3) is 0 Å². The maximum atomic E-state index is 9.84. The second kappa shape index (κ2) is 5.47. The first kappa shape index (κ1) is 13.7. The first-order valence-corrected chi connectivity index (χ1v) is 6.71. The molecule has 0 aliphatic carbocycles. The molecule has 0 amide bonds. The van der Waals surface area contributed by atoms with Gasteiger partial charge in [0, 0.05) is 36.3 Å². The lowest BCUT2D eigenvalue weighted by Gasteiger charge is -2.22. The monoisotopic (exact) mass is 268 g/mol. The molecule has 2 unspecified atom stereocenters. The van der Waals surface area contributed by atoms with Crippen LogP contribution in [-0.2, 0) is 6.54 Å². The molecule has 100 valence electrons. The third kappa shape index (κ3) is 2.97. The molecule has 0 bridgehead atoms. The Morgan fingerprint density at radius 1 is 1.39 bits per heavy atom. The third-order valence-corrected chi connectivity index (χ3v) is 3.98. The van der Waals surface area contributed by atoms with Crippen LogP contribution in [0, 0.1) is 5.92 Å². The van der Waals surface area contributed by atoms with Crippen molar-refractivity contribution in [3.63, 3.8) is 0 Å². The van der Waals surface area contributed by atoms with Crippen molar-refractivity contribution in [1.82, 2.24) is 9.80 Å². The predicted molar refractivity (Wildman–Crippen MR) is 75.0 cm³/mol. The van der Waals surface area contributed by atoms with Crippen LogP contribution in [0.2, 0.25) is 5.02 Å². The Balaban J connectivity index is 2.05. The molecule has 3 nitrogen and oxygen atoms in total. The number of likely N-dealkylation sites (tertiary alicyclic amines) is 1. The van der Waals surface area contributed by atoms with Gasteiger partial charge in [-0.05, 0) is 38.2 Å². The smallest absolute Gasteiger partial charge is 0.120 e. The number of halogens is 1. The largest absolute Gasteiger partial charge is 0.508 e. The normalized spacial score (nSPS) is 24.9. The maximum Gasteiger partial charge on any atom is 0.120 e. The van der Waals surface area contributed by atoms with Crippen molar-refractivity contribution in [2.24, 2.45) is 5.92 Å². The molecule has 0 spiro atoms. The summed E-state index contributed by atoms with van der Waals surface area (Å²) in [6.07, 6.45) is 0. The topological polar surface area (TPSA) is 26.7 Å². The zero-order valence-electron chi connectivity index (χ0n) is 11.2. The van der Waals surface area contributed by atoms with Crippen LogP contribution >= 0.6 is 11.6 Å². The van der Waals surface area contributed by atoms with E-state index in [9.17, 15) is 5.11 Å². The SMILES string of the molecule is CC1CN(Cc2cc(Cl)ccc2O)CC1N(C)C. The molecule has 1 heterocycles. The van der Waals surface area contributed by atoms with Gasteiger partial charge >= 0.3 is 0 Å². The van der Waals surface area contributed by atoms with Crippen LogP contribution in [0.25, 0.3) is 0 Å². The fraction of sp³-hybridized carbons (Fsp3) is 0.571. The van der Waals surface area contributed by atoms with Crippen molar-refractivity contribution in [3.05, 3.63) is 28.8 Å². The molecule has 2 atom stereocenters. The van der Waals surface area contributed by atoms with E-state index < -0.39 is 0 Å². The van der Waals surface area contributed by atoms with E-state index in [1.54, 1.807) is 12.1 Å². The Bertz CT molecular complexity index is 422. The Kier molecular flexibility index (Phi) is 4.15. The lowest BCUT2D eigenvalue weighted by atomic mass is 10.1. The summed E-state index contributed by atoms with van der Waals surface area (Å²) in [5, 5.41) is 10.5. The number of rotatable bonds is 3. The minimum absolute atomic E-state index is 0.334. The van der Waals surface area contributed by atoms with Gasteiger partial charge in [0.1, 0.15) is 5.75 Å². The Morgan fingerprint density at radius 2 is 2.11 bits per heavy atom. The third-order valence-electron chi connectivity index (χ3n) is 3.75. The first-order valence-electron chi connectivity index (χ1n) is 6.33. The molecule has 0 saturated carbocycles. The molecular formula is C14H21ClN2O. The lowest BCUT2D eigenvalue weighted by molar-refractivity contribution is 0.249. The summed E-state index contributed by atoms with van der Waals surface area (Å²) in [7, 11) is 4.25. The molecule has 1 saturated heterocycles. The maximum absolute atomic E-state index is 9.84. The number of phenolic OH excluding ortho intramolecular Hbond substituents is 1. The van der Waals surface area contributed by atoms with E-state index in [-0.39, 0.29) is 0 Å². The van der Waals surface area contributed by atoms with Gasteiger partial charge in [0.05, 0.1) is 0 Å². The van der Waals surface area contributed by atoms with Gasteiger partial charge in [-0.25, -0.2) is 0 Å². The van der Waals surface area contributed by atoms with Crippen molar-refractivity contribution < 1.29 is 5.11 Å². The van der Waals surface area contributed by atoms with Crippen molar-refractivity contribution in [3.8, 4) is 5.75 Å². The number of likely N-dealkylation sites (N-methyl/N-ethyl adjacent to an activating group) is 1. The molecular weight excluding hydrogens is 248 g/mol. The zero-order valence-corrected chi connectivity index (χ0v) is 12.0. The Hall–Kier alpha value is -0.770. The minimum Gasteiger partial charge on any atom is -0.508 e. The predicted octanol–water partition coefficient (Wildman–Crippen LogP) is 2.43. The second-order valence-corrected chi connectivity index (χ2v) is 5.91. The van der Waals surface area contributed by atoms with Gasteiger partial charge in [-0.1, -0.05) is 18.5 Å². The van der Waals surface area contributed by atoms with Crippen LogP contribution in [0.15, 0.2) is 18.2 Å². The second-order valence-electron chi connectivity index (χ2n) is 5.48. The van der Waals surface area contributed by atoms with E-state index in [1.807, 2.05) is 6.07 Å². The summed E-state index contributed by atoms with van der Waals surface area (Å²) in [4.78, 5) is 4.66. The molecule has 0 radical (unpaired) electrons. The molecule has 1 aromatic carbocycles. The molecule has 1 aliphatic rings. The summed E-state index contributed by atoms with van der Waals surface area (Å²) >= 11 is 5.97. The van der Waals surface area contributed by atoms with E-state index >= 15 is 0 Å². The van der Waals surface area contributed by atoms with E-state index in [2.05, 4.69) is 30.8 Å². The fourth-order valence-electron chi connectivity index (χ4n) is 2.77. The van der Waals surface area contributed by atoms with Crippen LogP contribution in [0.3, 0.4) is 0 Å². The van der Waals surface area contributed by atoms with E-state index in [4.69, 9.17) is 11.6 Å². The first-order chi connectivity index (χ1) is 8.47. The summed E-state index contributed by atoms with van der Waals surface area (Å²) in [5.41, 5.74) is 0.911. The number of phenols is 1. The molecule has 2 rings (SSSR count). The quantitative estimate of drug-likeness (QED) is 0.912. The van der Waals surface area contributed by atoms with Crippen molar-refractivity contribution in [1.29, 1.82) is 0 Å². The average molecular weight is 269 g/mol.